The van der Waals surface area contributed by atoms with Crippen LogP contribution in [0.4, 0.5) is 10.5 Å². The molecule has 0 atom stereocenters. The third-order valence-electron chi connectivity index (χ3n) is 4.52. The lowest BCUT2D eigenvalue weighted by Gasteiger charge is -2.36. The van der Waals surface area contributed by atoms with E-state index in [1.807, 2.05) is 28.6 Å². The van der Waals surface area contributed by atoms with Crippen molar-refractivity contribution in [1.29, 1.82) is 0 Å². The quantitative estimate of drug-likeness (QED) is 0.842. The summed E-state index contributed by atoms with van der Waals surface area (Å²) in [6.45, 7) is 8.73. The van der Waals surface area contributed by atoms with Crippen molar-refractivity contribution in [2.45, 2.75) is 26.8 Å². The molecule has 1 saturated heterocycles. The van der Waals surface area contributed by atoms with Crippen LogP contribution in [-0.2, 0) is 6.54 Å². The Bertz CT molecular complexity index is 691. The standard InChI is InChI=1S/C18H26N6O/c1-15-14-16(2)24(21-15)9-3-6-20-18(25)23-12-10-22(11-13-23)17-4-7-19-8-5-17/h4-5,7-8,14H,3,6,9-13H2,1-2H3,(H,20,25). The molecule has 0 saturated carbocycles. The van der Waals surface area contributed by atoms with Crippen molar-refractivity contribution in [2.24, 2.45) is 0 Å². The second-order valence-corrected chi connectivity index (χ2v) is 6.42. The van der Waals surface area contributed by atoms with Gasteiger partial charge in [-0.2, -0.15) is 5.10 Å². The molecule has 0 unspecified atom stereocenters. The third-order valence-corrected chi connectivity index (χ3v) is 4.52. The molecule has 3 rings (SSSR count). The predicted molar refractivity (Wildman–Crippen MR) is 97.7 cm³/mol. The van der Waals surface area contributed by atoms with Gasteiger partial charge in [-0.05, 0) is 38.5 Å². The molecule has 2 aromatic heterocycles. The van der Waals surface area contributed by atoms with E-state index in [-0.39, 0.29) is 6.03 Å². The van der Waals surface area contributed by atoms with Crippen LogP contribution in [0.3, 0.4) is 0 Å². The van der Waals surface area contributed by atoms with Crippen LogP contribution in [0.25, 0.3) is 0 Å². The average Bonchev–Trinajstić information content (AvgIpc) is 2.97. The summed E-state index contributed by atoms with van der Waals surface area (Å²) in [6.07, 6.45) is 4.49. The number of pyridine rings is 1. The molecule has 0 bridgehead atoms. The summed E-state index contributed by atoms with van der Waals surface area (Å²) in [6, 6.07) is 6.12. The number of amides is 2. The zero-order valence-corrected chi connectivity index (χ0v) is 15.0. The van der Waals surface area contributed by atoms with Crippen LogP contribution in [0.5, 0.6) is 0 Å². The fraction of sp³-hybridized carbons (Fsp3) is 0.500. The van der Waals surface area contributed by atoms with Gasteiger partial charge in [0.15, 0.2) is 0 Å². The summed E-state index contributed by atoms with van der Waals surface area (Å²) in [5.41, 5.74) is 3.37. The molecule has 1 aliphatic rings. The summed E-state index contributed by atoms with van der Waals surface area (Å²) < 4.78 is 2.00. The lowest BCUT2D eigenvalue weighted by atomic mass is 10.3. The first-order valence-electron chi connectivity index (χ1n) is 8.82. The van der Waals surface area contributed by atoms with E-state index < -0.39 is 0 Å². The van der Waals surface area contributed by atoms with Gasteiger partial charge in [0, 0.05) is 63.0 Å². The molecule has 1 aliphatic heterocycles. The number of urea groups is 1. The molecule has 0 radical (unpaired) electrons. The summed E-state index contributed by atoms with van der Waals surface area (Å²) >= 11 is 0. The molecule has 1 N–H and O–H groups in total. The molecular weight excluding hydrogens is 316 g/mol. The Kier molecular flexibility index (Phi) is 5.53. The molecule has 7 heteroatoms. The minimum Gasteiger partial charge on any atom is -0.368 e. The SMILES string of the molecule is Cc1cc(C)n(CCCNC(=O)N2CCN(c3ccncc3)CC2)n1. The number of nitrogens with one attached hydrogen (secondary N) is 1. The zero-order valence-electron chi connectivity index (χ0n) is 15.0. The van der Waals surface area contributed by atoms with Crippen LogP contribution < -0.4 is 10.2 Å². The number of piperazine rings is 1. The minimum absolute atomic E-state index is 0.0303. The number of hydrogen-bond acceptors (Lipinski definition) is 4. The number of carbonyl (C=O) groups is 1. The van der Waals surface area contributed by atoms with Gasteiger partial charge in [-0.3, -0.25) is 9.67 Å². The predicted octanol–water partition coefficient (Wildman–Crippen LogP) is 1.82. The van der Waals surface area contributed by atoms with Crippen molar-refractivity contribution in [2.75, 3.05) is 37.6 Å². The van der Waals surface area contributed by atoms with Gasteiger partial charge in [-0.25, -0.2) is 4.79 Å². The van der Waals surface area contributed by atoms with E-state index in [2.05, 4.69) is 33.3 Å². The van der Waals surface area contributed by atoms with Gasteiger partial charge >= 0.3 is 6.03 Å². The maximum Gasteiger partial charge on any atom is 0.317 e. The normalized spacial score (nSPS) is 14.6. The van der Waals surface area contributed by atoms with E-state index in [9.17, 15) is 4.79 Å². The second kappa shape index (κ2) is 8.00. The Morgan fingerprint density at radius 2 is 1.88 bits per heavy atom. The molecule has 1 fully saturated rings. The van der Waals surface area contributed by atoms with Crippen LogP contribution in [0, 0.1) is 13.8 Å². The number of carbonyl (C=O) groups excluding carboxylic acids is 1. The van der Waals surface area contributed by atoms with Crippen LogP contribution >= 0.6 is 0 Å². The Balaban J connectivity index is 1.37. The fourth-order valence-electron chi connectivity index (χ4n) is 3.16. The molecule has 3 heterocycles. The molecule has 2 amide bonds. The van der Waals surface area contributed by atoms with Gasteiger partial charge in [0.2, 0.25) is 0 Å². The summed E-state index contributed by atoms with van der Waals surface area (Å²) in [5.74, 6) is 0. The molecule has 0 aliphatic carbocycles. The van der Waals surface area contributed by atoms with E-state index in [0.717, 1.165) is 50.5 Å². The third kappa shape index (κ3) is 4.49. The van der Waals surface area contributed by atoms with Gasteiger partial charge in [-0.15, -0.1) is 0 Å². The molecular formula is C18H26N6O. The first-order chi connectivity index (χ1) is 12.1. The number of anilines is 1. The Morgan fingerprint density at radius 1 is 1.16 bits per heavy atom. The largest absolute Gasteiger partial charge is 0.368 e. The summed E-state index contributed by atoms with van der Waals surface area (Å²) in [4.78, 5) is 20.5. The van der Waals surface area contributed by atoms with Gasteiger partial charge in [0.1, 0.15) is 0 Å². The Labute approximate surface area is 148 Å². The number of rotatable bonds is 5. The van der Waals surface area contributed by atoms with E-state index >= 15 is 0 Å². The first-order valence-corrected chi connectivity index (χ1v) is 8.82. The molecule has 134 valence electrons. The van der Waals surface area contributed by atoms with Crippen molar-refractivity contribution < 1.29 is 4.79 Å². The van der Waals surface area contributed by atoms with Gasteiger partial charge in [-0.1, -0.05) is 0 Å². The number of nitrogens with zero attached hydrogens (tertiary/aromatic N) is 5. The highest BCUT2D eigenvalue weighted by molar-refractivity contribution is 5.74. The van der Waals surface area contributed by atoms with Gasteiger partial charge in [0.05, 0.1) is 5.69 Å². The summed E-state index contributed by atoms with van der Waals surface area (Å²) in [7, 11) is 0. The number of aromatic nitrogens is 3. The molecule has 7 nitrogen and oxygen atoms in total. The second-order valence-electron chi connectivity index (χ2n) is 6.42. The lowest BCUT2D eigenvalue weighted by Crippen LogP contribution is -2.52. The smallest absolute Gasteiger partial charge is 0.317 e. The molecule has 2 aromatic rings. The number of aryl methyl sites for hydroxylation is 3. The molecule has 25 heavy (non-hydrogen) atoms. The van der Waals surface area contributed by atoms with Crippen molar-refractivity contribution in [3.63, 3.8) is 0 Å². The highest BCUT2D eigenvalue weighted by Crippen LogP contribution is 2.14. The fourth-order valence-corrected chi connectivity index (χ4v) is 3.16. The van der Waals surface area contributed by atoms with Crippen molar-refractivity contribution in [1.82, 2.24) is 25.0 Å². The number of hydrogen-bond donors (Lipinski definition) is 1. The highest BCUT2D eigenvalue weighted by Gasteiger charge is 2.20. The maximum atomic E-state index is 12.3. The van der Waals surface area contributed by atoms with Gasteiger partial charge in [0.25, 0.3) is 0 Å². The van der Waals surface area contributed by atoms with E-state index in [1.54, 1.807) is 12.4 Å². The van der Waals surface area contributed by atoms with Gasteiger partial charge < -0.3 is 15.1 Å². The van der Waals surface area contributed by atoms with Crippen molar-refractivity contribution in [3.8, 4) is 0 Å². The van der Waals surface area contributed by atoms with Crippen LogP contribution in [0.15, 0.2) is 30.6 Å². The highest BCUT2D eigenvalue weighted by atomic mass is 16.2. The van der Waals surface area contributed by atoms with E-state index in [0.29, 0.717) is 6.54 Å². The average molecular weight is 342 g/mol. The topological polar surface area (TPSA) is 66.3 Å². The Morgan fingerprint density at radius 3 is 2.52 bits per heavy atom. The van der Waals surface area contributed by atoms with E-state index in [4.69, 9.17) is 0 Å². The first kappa shape index (κ1) is 17.3. The minimum atomic E-state index is 0.0303. The van der Waals surface area contributed by atoms with Crippen LogP contribution in [0.1, 0.15) is 17.8 Å². The lowest BCUT2D eigenvalue weighted by molar-refractivity contribution is 0.194. The zero-order chi connectivity index (χ0) is 17.6. The van der Waals surface area contributed by atoms with Crippen molar-refractivity contribution in [3.05, 3.63) is 42.0 Å². The monoisotopic (exact) mass is 342 g/mol. The van der Waals surface area contributed by atoms with Crippen LogP contribution in [-0.4, -0.2) is 58.4 Å². The van der Waals surface area contributed by atoms with Crippen molar-refractivity contribution >= 4 is 11.7 Å². The van der Waals surface area contributed by atoms with Crippen LogP contribution in [0.2, 0.25) is 0 Å². The molecule has 0 aromatic carbocycles. The summed E-state index contributed by atoms with van der Waals surface area (Å²) in [5, 5.41) is 7.46. The maximum absolute atomic E-state index is 12.3. The van der Waals surface area contributed by atoms with E-state index in [1.165, 1.54) is 5.69 Å². The Hall–Kier alpha value is -2.57. The molecule has 0 spiro atoms.